The molecule has 0 atom stereocenters. The summed E-state index contributed by atoms with van der Waals surface area (Å²) in [5, 5.41) is 3.66. The van der Waals surface area contributed by atoms with E-state index in [0.717, 1.165) is 12.1 Å². The molecule has 1 N–H and O–H groups in total. The number of hydrogen-bond acceptors (Lipinski definition) is 3. The Balaban J connectivity index is 1.66. The van der Waals surface area contributed by atoms with Gasteiger partial charge in [0.25, 0.3) is 0 Å². The first-order chi connectivity index (χ1) is 12.5. The Morgan fingerprint density at radius 3 is 2.46 bits per heavy atom. The van der Waals surface area contributed by atoms with Gasteiger partial charge in [0, 0.05) is 44.3 Å². The van der Waals surface area contributed by atoms with E-state index in [-0.39, 0.29) is 11.1 Å². The summed E-state index contributed by atoms with van der Waals surface area (Å²) < 4.78 is 13.5. The number of urea groups is 1. The van der Waals surface area contributed by atoms with Gasteiger partial charge in [0.15, 0.2) is 0 Å². The van der Waals surface area contributed by atoms with E-state index in [9.17, 15) is 9.18 Å². The highest BCUT2D eigenvalue weighted by Gasteiger charge is 2.22. The fraction of sp³-hybridized carbons (Fsp3) is 0.294. The third kappa shape index (κ3) is 4.31. The molecule has 2 amide bonds. The molecule has 0 bridgehead atoms. The van der Waals surface area contributed by atoms with E-state index in [1.807, 2.05) is 4.90 Å². The summed E-state index contributed by atoms with van der Waals surface area (Å²) in [6.45, 7) is 2.34. The molecule has 0 radical (unpaired) electrons. The highest BCUT2D eigenvalue weighted by atomic mass is 35.5. The number of hydrogen-bond donors (Lipinski definition) is 1. The Kier molecular flexibility index (Phi) is 6.06. The summed E-state index contributed by atoms with van der Waals surface area (Å²) in [5.74, 6) is -0.575. The number of pyridine rings is 1. The van der Waals surface area contributed by atoms with Crippen molar-refractivity contribution < 1.29 is 9.18 Å². The lowest BCUT2D eigenvalue weighted by Gasteiger charge is -2.25. The van der Waals surface area contributed by atoms with Crippen LogP contribution in [-0.4, -0.2) is 42.1 Å². The van der Waals surface area contributed by atoms with Crippen LogP contribution in [0.1, 0.15) is 6.42 Å². The predicted molar refractivity (Wildman–Crippen MR) is 103 cm³/mol. The smallest absolute Gasteiger partial charge is 0.321 e. The van der Waals surface area contributed by atoms with Crippen LogP contribution in [0.25, 0.3) is 0 Å². The minimum atomic E-state index is -0.575. The number of carbonyl (C=O) groups is 1. The van der Waals surface area contributed by atoms with Gasteiger partial charge in [-0.2, -0.15) is 0 Å². The lowest BCUT2D eigenvalue weighted by molar-refractivity contribution is 0.215. The zero-order chi connectivity index (χ0) is 18.7. The standard InChI is InChI=1S/C17H16Cl3FN4O/c18-12-3-2-11(8-15(12)21)23-17(26)25-5-1-4-24(6-7-25)16-13(19)9-22-10-14(16)20/h2-3,8-10H,1,4-7H2,(H,23,26). The van der Waals surface area contributed by atoms with Crippen molar-refractivity contribution in [2.75, 3.05) is 36.4 Å². The van der Waals surface area contributed by atoms with E-state index in [1.165, 1.54) is 12.1 Å². The van der Waals surface area contributed by atoms with Crippen LogP contribution in [-0.2, 0) is 0 Å². The summed E-state index contributed by atoms with van der Waals surface area (Å²) in [7, 11) is 0. The molecule has 0 aliphatic carbocycles. The molecule has 1 aliphatic rings. The highest BCUT2D eigenvalue weighted by molar-refractivity contribution is 6.38. The van der Waals surface area contributed by atoms with E-state index in [4.69, 9.17) is 34.8 Å². The average molecular weight is 418 g/mol. The molecule has 1 aliphatic heterocycles. The second kappa shape index (κ2) is 8.29. The molecule has 0 saturated carbocycles. The highest BCUT2D eigenvalue weighted by Crippen LogP contribution is 2.33. The quantitative estimate of drug-likeness (QED) is 0.754. The van der Waals surface area contributed by atoms with Gasteiger partial charge in [-0.1, -0.05) is 34.8 Å². The number of nitrogens with zero attached hydrogens (tertiary/aromatic N) is 3. The molecule has 2 heterocycles. The monoisotopic (exact) mass is 416 g/mol. The minimum Gasteiger partial charge on any atom is -0.367 e. The fourth-order valence-corrected chi connectivity index (χ4v) is 3.55. The number of carbonyl (C=O) groups excluding carboxylic acids is 1. The van der Waals surface area contributed by atoms with Crippen molar-refractivity contribution in [2.45, 2.75) is 6.42 Å². The van der Waals surface area contributed by atoms with Gasteiger partial charge in [0.05, 0.1) is 20.8 Å². The molecule has 0 spiro atoms. The van der Waals surface area contributed by atoms with Crippen molar-refractivity contribution in [2.24, 2.45) is 0 Å². The third-order valence-corrected chi connectivity index (χ3v) is 4.96. The van der Waals surface area contributed by atoms with Crippen LogP contribution in [0.5, 0.6) is 0 Å². The van der Waals surface area contributed by atoms with E-state index in [1.54, 1.807) is 23.4 Å². The molecule has 3 rings (SSSR count). The molecule has 0 unspecified atom stereocenters. The molecule has 26 heavy (non-hydrogen) atoms. The molecule has 5 nitrogen and oxygen atoms in total. The maximum Gasteiger partial charge on any atom is 0.321 e. The van der Waals surface area contributed by atoms with Gasteiger partial charge >= 0.3 is 6.03 Å². The lowest BCUT2D eigenvalue weighted by atomic mass is 10.3. The molecule has 1 saturated heterocycles. The minimum absolute atomic E-state index is 0.0134. The van der Waals surface area contributed by atoms with E-state index in [2.05, 4.69) is 10.3 Å². The largest absolute Gasteiger partial charge is 0.367 e. The first-order valence-electron chi connectivity index (χ1n) is 8.00. The first kappa shape index (κ1) is 19.0. The van der Waals surface area contributed by atoms with Crippen molar-refractivity contribution in [3.05, 3.63) is 51.5 Å². The summed E-state index contributed by atoms with van der Waals surface area (Å²) in [4.78, 5) is 20.2. The van der Waals surface area contributed by atoms with Crippen LogP contribution in [0.2, 0.25) is 15.1 Å². The van der Waals surface area contributed by atoms with Gasteiger partial charge in [0.1, 0.15) is 5.82 Å². The Morgan fingerprint density at radius 1 is 1.04 bits per heavy atom. The van der Waals surface area contributed by atoms with Crippen molar-refractivity contribution in [3.63, 3.8) is 0 Å². The van der Waals surface area contributed by atoms with E-state index >= 15 is 0 Å². The maximum atomic E-state index is 13.5. The zero-order valence-electron chi connectivity index (χ0n) is 13.7. The number of benzene rings is 1. The summed E-state index contributed by atoms with van der Waals surface area (Å²) in [5.41, 5.74) is 1.09. The van der Waals surface area contributed by atoms with Crippen molar-refractivity contribution in [1.82, 2.24) is 9.88 Å². The molecule has 2 aromatic rings. The van der Waals surface area contributed by atoms with Crippen molar-refractivity contribution >= 4 is 52.2 Å². The molecular formula is C17H16Cl3FN4O. The normalized spacial score (nSPS) is 14.9. The average Bonchev–Trinajstić information content (AvgIpc) is 2.84. The zero-order valence-corrected chi connectivity index (χ0v) is 16.0. The number of rotatable bonds is 2. The van der Waals surface area contributed by atoms with E-state index in [0.29, 0.717) is 41.9 Å². The fourth-order valence-electron chi connectivity index (χ4n) is 2.83. The van der Waals surface area contributed by atoms with Crippen molar-refractivity contribution in [3.8, 4) is 0 Å². The molecule has 1 aromatic carbocycles. The number of nitrogens with one attached hydrogen (secondary N) is 1. The molecule has 9 heteroatoms. The van der Waals surface area contributed by atoms with Crippen LogP contribution in [0.3, 0.4) is 0 Å². The Bertz CT molecular complexity index is 800. The Labute approximate surface area is 165 Å². The lowest BCUT2D eigenvalue weighted by Crippen LogP contribution is -2.38. The number of anilines is 2. The van der Waals surface area contributed by atoms with Gasteiger partial charge in [-0.15, -0.1) is 0 Å². The van der Waals surface area contributed by atoms with E-state index < -0.39 is 5.82 Å². The van der Waals surface area contributed by atoms with Crippen LogP contribution < -0.4 is 10.2 Å². The van der Waals surface area contributed by atoms with Gasteiger partial charge in [-0.05, 0) is 24.6 Å². The van der Waals surface area contributed by atoms with Crippen LogP contribution in [0, 0.1) is 5.82 Å². The Morgan fingerprint density at radius 2 is 1.77 bits per heavy atom. The number of amides is 2. The van der Waals surface area contributed by atoms with Crippen LogP contribution in [0.15, 0.2) is 30.6 Å². The van der Waals surface area contributed by atoms with Gasteiger partial charge < -0.3 is 15.1 Å². The van der Waals surface area contributed by atoms with Gasteiger partial charge in [0.2, 0.25) is 0 Å². The predicted octanol–water partition coefficient (Wildman–Crippen LogP) is 4.93. The molecular weight excluding hydrogens is 402 g/mol. The number of halogens is 4. The van der Waals surface area contributed by atoms with Crippen LogP contribution in [0.4, 0.5) is 20.6 Å². The van der Waals surface area contributed by atoms with Gasteiger partial charge in [-0.25, -0.2) is 9.18 Å². The molecule has 1 aromatic heterocycles. The van der Waals surface area contributed by atoms with Gasteiger partial charge in [-0.3, -0.25) is 4.98 Å². The second-order valence-corrected chi connectivity index (χ2v) is 7.06. The summed E-state index contributed by atoms with van der Waals surface area (Å²) >= 11 is 18.1. The summed E-state index contributed by atoms with van der Waals surface area (Å²) in [6.07, 6.45) is 3.85. The topological polar surface area (TPSA) is 48.5 Å². The SMILES string of the molecule is O=C(Nc1ccc(Cl)c(F)c1)N1CCCN(c2c(Cl)cncc2Cl)CC1. The Hall–Kier alpha value is -1.76. The summed E-state index contributed by atoms with van der Waals surface area (Å²) in [6, 6.07) is 3.87. The first-order valence-corrected chi connectivity index (χ1v) is 9.14. The third-order valence-electron chi connectivity index (χ3n) is 4.10. The maximum absolute atomic E-state index is 13.5. The van der Waals surface area contributed by atoms with Crippen molar-refractivity contribution in [1.29, 1.82) is 0 Å². The number of aromatic nitrogens is 1. The van der Waals surface area contributed by atoms with Crippen LogP contribution >= 0.6 is 34.8 Å². The second-order valence-electron chi connectivity index (χ2n) is 5.84. The molecule has 1 fully saturated rings. The molecule has 138 valence electrons.